The van der Waals surface area contributed by atoms with E-state index in [2.05, 4.69) is 60.7 Å². The van der Waals surface area contributed by atoms with Crippen molar-refractivity contribution in [2.24, 2.45) is 5.73 Å². The van der Waals surface area contributed by atoms with Crippen molar-refractivity contribution in [1.29, 1.82) is 0 Å². The number of ketones is 1. The van der Waals surface area contributed by atoms with Gasteiger partial charge in [-0.2, -0.15) is 0 Å². The molecule has 0 aliphatic heterocycles. The Kier molecular flexibility index (Phi) is 13.0. The van der Waals surface area contributed by atoms with Crippen LogP contribution < -0.4 is 15.2 Å². The molecule has 48 heavy (non-hydrogen) atoms. The fourth-order valence-corrected chi connectivity index (χ4v) is 5.86. The third-order valence-electron chi connectivity index (χ3n) is 7.76. The molecule has 1 aromatic heterocycles. The Bertz CT molecular complexity index is 1770. The second kappa shape index (κ2) is 17.6. The minimum absolute atomic E-state index is 0.0874. The van der Waals surface area contributed by atoms with Crippen molar-refractivity contribution >= 4 is 37.6 Å². The van der Waals surface area contributed by atoms with Gasteiger partial charge < -0.3 is 29.2 Å². The zero-order valence-corrected chi connectivity index (χ0v) is 30.3. The van der Waals surface area contributed by atoms with E-state index in [1.54, 1.807) is 14.2 Å². The van der Waals surface area contributed by atoms with Gasteiger partial charge in [-0.1, -0.05) is 80.4 Å². The number of imidazole rings is 1. The molecule has 0 spiro atoms. The zero-order chi connectivity index (χ0) is 33.9. The topological polar surface area (TPSA) is 97.8 Å². The number of rotatable bonds is 17. The summed E-state index contributed by atoms with van der Waals surface area (Å²) >= 11 is 7.16. The summed E-state index contributed by atoms with van der Waals surface area (Å²) in [5.74, 6) is 2.19. The van der Waals surface area contributed by atoms with Crippen molar-refractivity contribution in [2.45, 2.75) is 19.4 Å². The van der Waals surface area contributed by atoms with Crippen LogP contribution in [0.3, 0.4) is 0 Å². The molecule has 8 nitrogen and oxygen atoms in total. The molecule has 4 aromatic carbocycles. The number of methoxy groups -OCH3 is 2. The van der Waals surface area contributed by atoms with Gasteiger partial charge in [-0.05, 0) is 48.4 Å². The molecule has 5 aromatic rings. The normalized spacial score (nSPS) is 11.1. The van der Waals surface area contributed by atoms with Crippen molar-refractivity contribution in [1.82, 2.24) is 9.55 Å². The molecular formula is C38H39Br2N3O5. The first-order valence-electron chi connectivity index (χ1n) is 15.7. The largest absolute Gasteiger partial charge is 0.497 e. The van der Waals surface area contributed by atoms with E-state index in [1.165, 1.54) is 0 Å². The van der Waals surface area contributed by atoms with Gasteiger partial charge >= 0.3 is 0 Å². The number of hydrogen-bond donors (Lipinski definition) is 1. The Morgan fingerprint density at radius 2 is 1.31 bits per heavy atom. The summed E-state index contributed by atoms with van der Waals surface area (Å²) in [5.41, 5.74) is 11.8. The lowest BCUT2D eigenvalue weighted by Crippen LogP contribution is -2.12. The number of ether oxygens (including phenoxy) is 4. The van der Waals surface area contributed by atoms with E-state index < -0.39 is 0 Å². The van der Waals surface area contributed by atoms with Crippen LogP contribution in [0.2, 0.25) is 0 Å². The second-order valence-corrected chi connectivity index (χ2v) is 12.9. The average molecular weight is 778 g/mol. The van der Waals surface area contributed by atoms with Crippen molar-refractivity contribution in [2.75, 3.05) is 47.2 Å². The SMILES string of the molecule is COc1cc(OC)cc(-c2nc(-c3ccc(Br)cc3)c(-c3ccc(Br)cc3)n2Cc2ccc(C(=O)CCCOCCOCCN)cc2)c1. The monoisotopic (exact) mass is 775 g/mol. The Morgan fingerprint density at radius 3 is 1.90 bits per heavy atom. The summed E-state index contributed by atoms with van der Waals surface area (Å²) in [5, 5.41) is 0. The molecule has 10 heteroatoms. The Hall–Kier alpha value is -3.80. The number of Topliss-reactive ketones (excluding diaryl/α,β-unsaturated/α-hetero) is 1. The van der Waals surface area contributed by atoms with Crippen LogP contribution in [-0.4, -0.2) is 62.5 Å². The molecule has 2 N–H and O–H groups in total. The fraction of sp³-hybridized carbons (Fsp3) is 0.263. The van der Waals surface area contributed by atoms with Gasteiger partial charge in [0.2, 0.25) is 0 Å². The van der Waals surface area contributed by atoms with E-state index >= 15 is 0 Å². The molecule has 0 radical (unpaired) electrons. The maximum absolute atomic E-state index is 13.0. The average Bonchev–Trinajstić information content (AvgIpc) is 3.48. The molecule has 0 atom stereocenters. The lowest BCUT2D eigenvalue weighted by molar-refractivity contribution is 0.0489. The number of carbonyl (C=O) groups is 1. The zero-order valence-electron chi connectivity index (χ0n) is 27.1. The maximum atomic E-state index is 13.0. The summed E-state index contributed by atoms with van der Waals surface area (Å²) < 4.78 is 26.4. The highest BCUT2D eigenvalue weighted by atomic mass is 79.9. The number of halogens is 2. The first kappa shape index (κ1) is 35.5. The maximum Gasteiger partial charge on any atom is 0.162 e. The molecule has 0 saturated heterocycles. The predicted molar refractivity (Wildman–Crippen MR) is 197 cm³/mol. The molecule has 0 saturated carbocycles. The van der Waals surface area contributed by atoms with Crippen LogP contribution >= 0.6 is 31.9 Å². The van der Waals surface area contributed by atoms with Crippen LogP contribution in [-0.2, 0) is 16.0 Å². The Morgan fingerprint density at radius 1 is 0.729 bits per heavy atom. The summed E-state index contributed by atoms with van der Waals surface area (Å²) in [7, 11) is 3.28. The summed E-state index contributed by atoms with van der Waals surface area (Å²) in [4.78, 5) is 18.2. The van der Waals surface area contributed by atoms with E-state index in [1.807, 2.05) is 66.7 Å². The number of aromatic nitrogens is 2. The molecule has 0 unspecified atom stereocenters. The van der Waals surface area contributed by atoms with E-state index in [0.29, 0.717) is 69.4 Å². The standard InChI is InChI=1S/C38H39Br2N3O5/c1-45-33-22-30(23-34(24-33)46-2)38-42-36(28-9-13-31(39)14-10-28)37(29-11-15-32(40)16-12-29)43(38)25-26-5-7-27(8-6-26)35(44)4-3-18-47-20-21-48-19-17-41/h5-16,22-24H,3-4,17-21,25,41H2,1-2H3. The summed E-state index contributed by atoms with van der Waals surface area (Å²) in [6.45, 7) is 3.03. The van der Waals surface area contributed by atoms with Gasteiger partial charge in [0.1, 0.15) is 17.3 Å². The minimum atomic E-state index is 0.0874. The van der Waals surface area contributed by atoms with Crippen LogP contribution in [0.5, 0.6) is 11.5 Å². The highest BCUT2D eigenvalue weighted by Crippen LogP contribution is 2.39. The first-order valence-corrected chi connectivity index (χ1v) is 17.3. The second-order valence-electron chi connectivity index (χ2n) is 11.1. The van der Waals surface area contributed by atoms with Gasteiger partial charge in [0.25, 0.3) is 0 Å². The van der Waals surface area contributed by atoms with Gasteiger partial charge in [-0.15, -0.1) is 0 Å². The van der Waals surface area contributed by atoms with Gasteiger partial charge in [-0.3, -0.25) is 4.79 Å². The lowest BCUT2D eigenvalue weighted by Gasteiger charge is -2.15. The third kappa shape index (κ3) is 9.21. The van der Waals surface area contributed by atoms with Crippen LogP contribution in [0.1, 0.15) is 28.8 Å². The number of nitrogens with two attached hydrogens (primary N) is 1. The Balaban J connectivity index is 1.49. The van der Waals surface area contributed by atoms with Gasteiger partial charge in [-0.25, -0.2) is 4.98 Å². The van der Waals surface area contributed by atoms with Crippen molar-refractivity contribution in [3.63, 3.8) is 0 Å². The van der Waals surface area contributed by atoms with Crippen LogP contribution in [0, 0.1) is 0 Å². The highest BCUT2D eigenvalue weighted by Gasteiger charge is 2.23. The van der Waals surface area contributed by atoms with Crippen molar-refractivity contribution in [3.05, 3.63) is 111 Å². The summed E-state index contributed by atoms with van der Waals surface area (Å²) in [6, 6.07) is 30.0. The van der Waals surface area contributed by atoms with Crippen LogP contribution in [0.25, 0.3) is 33.9 Å². The fourth-order valence-electron chi connectivity index (χ4n) is 5.34. The van der Waals surface area contributed by atoms with Crippen LogP contribution in [0.4, 0.5) is 0 Å². The van der Waals surface area contributed by atoms with E-state index in [0.717, 1.165) is 48.4 Å². The van der Waals surface area contributed by atoms with Crippen LogP contribution in [0.15, 0.2) is 99.9 Å². The molecule has 1 heterocycles. The molecule has 0 aliphatic rings. The van der Waals surface area contributed by atoms with Gasteiger partial charge in [0.05, 0.1) is 45.4 Å². The summed E-state index contributed by atoms with van der Waals surface area (Å²) in [6.07, 6.45) is 1.06. The van der Waals surface area contributed by atoms with Gasteiger partial charge in [0, 0.05) is 63.4 Å². The molecular weight excluding hydrogens is 738 g/mol. The van der Waals surface area contributed by atoms with Crippen molar-refractivity contribution in [3.8, 4) is 45.4 Å². The third-order valence-corrected chi connectivity index (χ3v) is 8.81. The minimum Gasteiger partial charge on any atom is -0.497 e. The quantitative estimate of drug-likeness (QED) is 0.0748. The molecule has 0 aliphatic carbocycles. The predicted octanol–water partition coefficient (Wildman–Crippen LogP) is 8.43. The molecule has 5 rings (SSSR count). The van der Waals surface area contributed by atoms with Gasteiger partial charge in [0.15, 0.2) is 5.78 Å². The molecule has 250 valence electrons. The molecule has 0 bridgehead atoms. The first-order chi connectivity index (χ1) is 23.4. The van der Waals surface area contributed by atoms with E-state index in [9.17, 15) is 4.79 Å². The number of nitrogens with zero attached hydrogens (tertiary/aromatic N) is 2. The molecule has 0 fully saturated rings. The Labute approximate surface area is 298 Å². The smallest absolute Gasteiger partial charge is 0.162 e. The van der Waals surface area contributed by atoms with E-state index in [-0.39, 0.29) is 5.78 Å². The number of hydrogen-bond acceptors (Lipinski definition) is 7. The van der Waals surface area contributed by atoms with Crippen molar-refractivity contribution < 1.29 is 23.7 Å². The number of carbonyl (C=O) groups excluding carboxylic acids is 1. The molecule has 0 amide bonds. The highest BCUT2D eigenvalue weighted by molar-refractivity contribution is 9.10. The van der Waals surface area contributed by atoms with E-state index in [4.69, 9.17) is 29.7 Å². The lowest BCUT2D eigenvalue weighted by atomic mass is 10.0. The number of benzene rings is 4.